The van der Waals surface area contributed by atoms with E-state index in [2.05, 4.69) is 4.72 Å². The van der Waals surface area contributed by atoms with E-state index in [1.165, 1.54) is 10.4 Å². The van der Waals surface area contributed by atoms with Crippen molar-refractivity contribution in [3.8, 4) is 0 Å². The third-order valence-corrected chi connectivity index (χ3v) is 5.37. The molecule has 1 heterocycles. The molecule has 1 fully saturated rings. The summed E-state index contributed by atoms with van der Waals surface area (Å²) < 4.78 is 54.7. The molecule has 118 valence electrons. The molecule has 1 N–H and O–H groups in total. The highest BCUT2D eigenvalue weighted by Gasteiger charge is 2.25. The minimum Gasteiger partial charge on any atom is -0.204 e. The SMILES string of the molecule is CC(NS(=O)(=O)N1CCCCCC1)c1ccc(F)c(F)c1. The zero-order chi connectivity index (χ0) is 15.5. The van der Waals surface area contributed by atoms with Crippen LogP contribution in [0.15, 0.2) is 18.2 Å². The molecule has 1 aliphatic heterocycles. The van der Waals surface area contributed by atoms with Gasteiger partial charge in [-0.25, -0.2) is 8.78 Å². The van der Waals surface area contributed by atoms with Gasteiger partial charge in [-0.1, -0.05) is 18.9 Å². The van der Waals surface area contributed by atoms with Gasteiger partial charge in [-0.05, 0) is 37.5 Å². The molecule has 21 heavy (non-hydrogen) atoms. The summed E-state index contributed by atoms with van der Waals surface area (Å²) >= 11 is 0. The van der Waals surface area contributed by atoms with Crippen LogP contribution in [0.1, 0.15) is 44.2 Å². The van der Waals surface area contributed by atoms with Crippen molar-refractivity contribution in [2.75, 3.05) is 13.1 Å². The van der Waals surface area contributed by atoms with Gasteiger partial charge >= 0.3 is 0 Å². The first kappa shape index (κ1) is 16.3. The number of halogens is 2. The van der Waals surface area contributed by atoms with Gasteiger partial charge in [0.1, 0.15) is 0 Å². The van der Waals surface area contributed by atoms with Crippen LogP contribution in [0.3, 0.4) is 0 Å². The Morgan fingerprint density at radius 2 is 1.71 bits per heavy atom. The molecule has 1 atom stereocenters. The van der Waals surface area contributed by atoms with Gasteiger partial charge in [0.05, 0.1) is 0 Å². The van der Waals surface area contributed by atoms with E-state index in [1.54, 1.807) is 6.92 Å². The molecule has 0 saturated carbocycles. The van der Waals surface area contributed by atoms with Crippen LogP contribution in [0, 0.1) is 11.6 Å². The number of rotatable bonds is 4. The van der Waals surface area contributed by atoms with Crippen molar-refractivity contribution in [1.82, 2.24) is 9.03 Å². The minimum atomic E-state index is -3.61. The van der Waals surface area contributed by atoms with Gasteiger partial charge in [-0.2, -0.15) is 17.4 Å². The molecule has 7 heteroatoms. The molecule has 0 aromatic heterocycles. The average molecular weight is 318 g/mol. The first-order chi connectivity index (χ1) is 9.90. The van der Waals surface area contributed by atoms with Crippen LogP contribution in [0.4, 0.5) is 8.78 Å². The highest BCUT2D eigenvalue weighted by atomic mass is 32.2. The second-order valence-electron chi connectivity index (χ2n) is 5.33. The van der Waals surface area contributed by atoms with Crippen molar-refractivity contribution in [3.05, 3.63) is 35.4 Å². The van der Waals surface area contributed by atoms with E-state index in [1.807, 2.05) is 0 Å². The van der Waals surface area contributed by atoms with E-state index in [9.17, 15) is 17.2 Å². The summed E-state index contributed by atoms with van der Waals surface area (Å²) in [5.74, 6) is -1.92. The second-order valence-corrected chi connectivity index (χ2v) is 7.03. The summed E-state index contributed by atoms with van der Waals surface area (Å²) in [6, 6.07) is 2.79. The molecule has 2 rings (SSSR count). The maximum atomic E-state index is 13.2. The molecule has 1 aromatic rings. The highest BCUT2D eigenvalue weighted by Crippen LogP contribution is 2.19. The van der Waals surface area contributed by atoms with Crippen molar-refractivity contribution < 1.29 is 17.2 Å². The van der Waals surface area contributed by atoms with E-state index in [0.717, 1.165) is 37.8 Å². The Kier molecular flexibility index (Phi) is 5.29. The van der Waals surface area contributed by atoms with Crippen LogP contribution < -0.4 is 4.72 Å². The third kappa shape index (κ3) is 4.21. The lowest BCUT2D eigenvalue weighted by molar-refractivity contribution is 0.409. The van der Waals surface area contributed by atoms with Gasteiger partial charge < -0.3 is 0 Å². The van der Waals surface area contributed by atoms with Gasteiger partial charge in [0.25, 0.3) is 10.2 Å². The number of hydrogen-bond donors (Lipinski definition) is 1. The van der Waals surface area contributed by atoms with Crippen molar-refractivity contribution in [2.24, 2.45) is 0 Å². The molecule has 1 saturated heterocycles. The third-order valence-electron chi connectivity index (χ3n) is 3.67. The fourth-order valence-electron chi connectivity index (χ4n) is 2.43. The van der Waals surface area contributed by atoms with Crippen molar-refractivity contribution in [2.45, 2.75) is 38.6 Å². The number of hydrogen-bond acceptors (Lipinski definition) is 2. The molecule has 0 radical (unpaired) electrons. The average Bonchev–Trinajstić information content (AvgIpc) is 2.70. The van der Waals surface area contributed by atoms with E-state index in [4.69, 9.17) is 0 Å². The molecule has 4 nitrogen and oxygen atoms in total. The molecule has 0 bridgehead atoms. The van der Waals surface area contributed by atoms with Crippen LogP contribution in [-0.4, -0.2) is 25.8 Å². The van der Waals surface area contributed by atoms with E-state index in [0.29, 0.717) is 18.7 Å². The van der Waals surface area contributed by atoms with Crippen LogP contribution in [0.25, 0.3) is 0 Å². The molecule has 0 aliphatic carbocycles. The summed E-state index contributed by atoms with van der Waals surface area (Å²) in [4.78, 5) is 0. The fourth-order valence-corrected chi connectivity index (χ4v) is 3.90. The first-order valence-electron chi connectivity index (χ1n) is 7.12. The Balaban J connectivity index is 2.09. The summed E-state index contributed by atoms with van der Waals surface area (Å²) in [5, 5.41) is 0. The van der Waals surface area contributed by atoms with Crippen LogP contribution in [0.2, 0.25) is 0 Å². The smallest absolute Gasteiger partial charge is 0.204 e. The number of benzene rings is 1. The standard InChI is InChI=1S/C14H20F2N2O2S/c1-11(12-6-7-13(15)14(16)10-12)17-21(19,20)18-8-4-2-3-5-9-18/h6-7,10-11,17H,2-5,8-9H2,1H3. The molecule has 1 aliphatic rings. The summed E-state index contributed by atoms with van der Waals surface area (Å²) in [7, 11) is -3.61. The lowest BCUT2D eigenvalue weighted by Crippen LogP contribution is -2.42. The monoisotopic (exact) mass is 318 g/mol. The Bertz CT molecular complexity index is 585. The van der Waals surface area contributed by atoms with Crippen molar-refractivity contribution >= 4 is 10.2 Å². The number of nitrogens with zero attached hydrogens (tertiary/aromatic N) is 1. The van der Waals surface area contributed by atoms with E-state index < -0.39 is 27.9 Å². The molecule has 1 aromatic carbocycles. The van der Waals surface area contributed by atoms with Gasteiger partial charge in [0, 0.05) is 19.1 Å². The normalized spacial score (nSPS) is 19.2. The predicted octanol–water partition coefficient (Wildman–Crippen LogP) is 2.74. The fraction of sp³-hybridized carbons (Fsp3) is 0.571. The lowest BCUT2D eigenvalue weighted by atomic mass is 10.1. The molecule has 1 unspecified atom stereocenters. The zero-order valence-corrected chi connectivity index (χ0v) is 12.8. The van der Waals surface area contributed by atoms with Gasteiger partial charge in [0.15, 0.2) is 11.6 Å². The summed E-state index contributed by atoms with van der Waals surface area (Å²) in [6.45, 7) is 2.61. The Labute approximate surface area is 124 Å². The van der Waals surface area contributed by atoms with Gasteiger partial charge in [0.2, 0.25) is 0 Å². The van der Waals surface area contributed by atoms with Gasteiger partial charge in [-0.15, -0.1) is 0 Å². The highest BCUT2D eigenvalue weighted by molar-refractivity contribution is 7.87. The van der Waals surface area contributed by atoms with Crippen LogP contribution in [-0.2, 0) is 10.2 Å². The number of nitrogens with one attached hydrogen (secondary N) is 1. The van der Waals surface area contributed by atoms with Crippen molar-refractivity contribution in [3.63, 3.8) is 0 Å². The van der Waals surface area contributed by atoms with E-state index >= 15 is 0 Å². The second kappa shape index (κ2) is 6.81. The quantitative estimate of drug-likeness (QED) is 0.928. The van der Waals surface area contributed by atoms with Crippen LogP contribution in [0.5, 0.6) is 0 Å². The zero-order valence-electron chi connectivity index (χ0n) is 12.0. The molecular weight excluding hydrogens is 298 g/mol. The summed E-state index contributed by atoms with van der Waals surface area (Å²) in [6.07, 6.45) is 3.76. The summed E-state index contributed by atoms with van der Waals surface area (Å²) in [5.41, 5.74) is 0.396. The first-order valence-corrected chi connectivity index (χ1v) is 8.56. The predicted molar refractivity (Wildman–Crippen MR) is 76.9 cm³/mol. The Morgan fingerprint density at radius 1 is 1.10 bits per heavy atom. The maximum Gasteiger partial charge on any atom is 0.279 e. The van der Waals surface area contributed by atoms with Gasteiger partial charge in [-0.3, -0.25) is 0 Å². The molecular formula is C14H20F2N2O2S. The van der Waals surface area contributed by atoms with Crippen LogP contribution >= 0.6 is 0 Å². The Hall–Kier alpha value is -1.05. The largest absolute Gasteiger partial charge is 0.279 e. The lowest BCUT2D eigenvalue weighted by Gasteiger charge is -2.23. The maximum absolute atomic E-state index is 13.2. The van der Waals surface area contributed by atoms with Crippen molar-refractivity contribution in [1.29, 1.82) is 0 Å². The van der Waals surface area contributed by atoms with E-state index in [-0.39, 0.29) is 0 Å². The Morgan fingerprint density at radius 3 is 2.29 bits per heavy atom. The molecule has 0 spiro atoms. The topological polar surface area (TPSA) is 49.4 Å². The minimum absolute atomic E-state index is 0.396. The molecule has 0 amide bonds.